The molecule has 27 heavy (non-hydrogen) atoms. The van der Waals surface area contributed by atoms with Gasteiger partial charge >= 0.3 is 5.97 Å². The zero-order valence-corrected chi connectivity index (χ0v) is 15.5. The van der Waals surface area contributed by atoms with Gasteiger partial charge in [-0.3, -0.25) is 9.59 Å². The van der Waals surface area contributed by atoms with Gasteiger partial charge in [0.15, 0.2) is 6.10 Å². The standard InChI is InChI=1S/C21H22N2O4/c1-14-4-6-17(7-5-14)8-13-20(25)27-15(2)21(26)23-19-11-9-18(10-12-19)22-16(3)24/h4-13,15H,1-3H3,(H,22,24)(H,23,26)/b13-8+/t15-/m0/s1. The average molecular weight is 366 g/mol. The number of anilines is 2. The second kappa shape index (κ2) is 9.33. The fourth-order valence-electron chi connectivity index (χ4n) is 2.19. The molecule has 0 saturated carbocycles. The molecule has 140 valence electrons. The molecule has 0 bridgehead atoms. The summed E-state index contributed by atoms with van der Waals surface area (Å²) in [5, 5.41) is 5.29. The first-order valence-electron chi connectivity index (χ1n) is 8.47. The van der Waals surface area contributed by atoms with E-state index in [-0.39, 0.29) is 5.91 Å². The van der Waals surface area contributed by atoms with Gasteiger partial charge in [-0.15, -0.1) is 0 Å². The molecule has 0 saturated heterocycles. The van der Waals surface area contributed by atoms with E-state index in [1.54, 1.807) is 30.3 Å². The highest BCUT2D eigenvalue weighted by Gasteiger charge is 2.16. The number of hydrogen-bond acceptors (Lipinski definition) is 4. The molecule has 0 aliphatic carbocycles. The second-order valence-electron chi connectivity index (χ2n) is 6.07. The van der Waals surface area contributed by atoms with Gasteiger partial charge in [0.2, 0.25) is 5.91 Å². The zero-order chi connectivity index (χ0) is 19.8. The summed E-state index contributed by atoms with van der Waals surface area (Å²) in [4.78, 5) is 35.0. The summed E-state index contributed by atoms with van der Waals surface area (Å²) in [6.45, 7) is 4.90. The normalized spacial score (nSPS) is 11.7. The molecule has 0 fully saturated rings. The Hall–Kier alpha value is -3.41. The van der Waals surface area contributed by atoms with E-state index in [1.807, 2.05) is 31.2 Å². The van der Waals surface area contributed by atoms with Crippen molar-refractivity contribution in [3.05, 3.63) is 65.7 Å². The van der Waals surface area contributed by atoms with Crippen LogP contribution in [0.25, 0.3) is 6.08 Å². The Kier molecular flexibility index (Phi) is 6.88. The Labute approximate surface area is 158 Å². The molecule has 0 aliphatic heterocycles. The Morgan fingerprint density at radius 1 is 0.926 bits per heavy atom. The molecule has 2 aromatic carbocycles. The van der Waals surface area contributed by atoms with Gasteiger partial charge in [-0.1, -0.05) is 29.8 Å². The van der Waals surface area contributed by atoms with Crippen molar-refractivity contribution in [3.63, 3.8) is 0 Å². The van der Waals surface area contributed by atoms with Gasteiger partial charge < -0.3 is 15.4 Å². The molecule has 0 heterocycles. The molecule has 0 aromatic heterocycles. The summed E-state index contributed by atoms with van der Waals surface area (Å²) in [5.41, 5.74) is 3.16. The van der Waals surface area contributed by atoms with E-state index in [0.29, 0.717) is 11.4 Å². The number of esters is 1. The Bertz CT molecular complexity index is 839. The van der Waals surface area contributed by atoms with Gasteiger partial charge in [0.25, 0.3) is 5.91 Å². The number of nitrogens with one attached hydrogen (secondary N) is 2. The molecule has 0 unspecified atom stereocenters. The molecule has 0 spiro atoms. The Balaban J connectivity index is 1.86. The quantitative estimate of drug-likeness (QED) is 0.605. The van der Waals surface area contributed by atoms with Crippen molar-refractivity contribution >= 4 is 35.2 Å². The zero-order valence-electron chi connectivity index (χ0n) is 15.5. The van der Waals surface area contributed by atoms with Gasteiger partial charge in [0, 0.05) is 24.4 Å². The average Bonchev–Trinajstić information content (AvgIpc) is 2.62. The Morgan fingerprint density at radius 2 is 1.48 bits per heavy atom. The first kappa shape index (κ1) is 19.9. The summed E-state index contributed by atoms with van der Waals surface area (Å²) in [6.07, 6.45) is 1.97. The summed E-state index contributed by atoms with van der Waals surface area (Å²) in [7, 11) is 0. The highest BCUT2D eigenvalue weighted by molar-refractivity contribution is 5.97. The summed E-state index contributed by atoms with van der Waals surface area (Å²) >= 11 is 0. The fraction of sp³-hybridized carbons (Fsp3) is 0.190. The van der Waals surface area contributed by atoms with Crippen molar-refractivity contribution in [2.75, 3.05) is 10.6 Å². The third-order valence-electron chi connectivity index (χ3n) is 3.62. The second-order valence-corrected chi connectivity index (χ2v) is 6.07. The number of aryl methyl sites for hydroxylation is 1. The van der Waals surface area contributed by atoms with E-state index in [0.717, 1.165) is 11.1 Å². The lowest BCUT2D eigenvalue weighted by Gasteiger charge is -2.12. The fourth-order valence-corrected chi connectivity index (χ4v) is 2.19. The van der Waals surface area contributed by atoms with Crippen molar-refractivity contribution in [1.29, 1.82) is 0 Å². The van der Waals surface area contributed by atoms with Crippen LogP contribution in [0.5, 0.6) is 0 Å². The van der Waals surface area contributed by atoms with Crippen LogP contribution in [0.2, 0.25) is 0 Å². The highest BCUT2D eigenvalue weighted by atomic mass is 16.5. The van der Waals surface area contributed by atoms with Crippen LogP contribution in [-0.4, -0.2) is 23.9 Å². The molecular formula is C21H22N2O4. The lowest BCUT2D eigenvalue weighted by molar-refractivity contribution is -0.148. The minimum Gasteiger partial charge on any atom is -0.449 e. The van der Waals surface area contributed by atoms with Gasteiger partial charge in [0.05, 0.1) is 0 Å². The highest BCUT2D eigenvalue weighted by Crippen LogP contribution is 2.14. The maximum atomic E-state index is 12.1. The summed E-state index contributed by atoms with van der Waals surface area (Å²) in [5.74, 6) is -1.22. The number of carbonyl (C=O) groups is 3. The van der Waals surface area contributed by atoms with Crippen LogP contribution in [0.15, 0.2) is 54.6 Å². The number of rotatable bonds is 6. The minimum absolute atomic E-state index is 0.175. The van der Waals surface area contributed by atoms with Crippen LogP contribution in [0, 0.1) is 6.92 Å². The first-order chi connectivity index (χ1) is 12.8. The molecular weight excluding hydrogens is 344 g/mol. The van der Waals surface area contributed by atoms with Gasteiger partial charge in [-0.05, 0) is 49.8 Å². The van der Waals surface area contributed by atoms with Crippen molar-refractivity contribution in [2.24, 2.45) is 0 Å². The maximum Gasteiger partial charge on any atom is 0.331 e. The topological polar surface area (TPSA) is 84.5 Å². The third kappa shape index (κ3) is 6.78. The van der Waals surface area contributed by atoms with Crippen LogP contribution >= 0.6 is 0 Å². The van der Waals surface area contributed by atoms with Crippen LogP contribution in [-0.2, 0) is 19.1 Å². The molecule has 2 aromatic rings. The number of carbonyl (C=O) groups excluding carboxylic acids is 3. The van der Waals surface area contributed by atoms with Crippen molar-refractivity contribution in [2.45, 2.75) is 26.9 Å². The molecule has 2 rings (SSSR count). The van der Waals surface area contributed by atoms with Gasteiger partial charge in [0.1, 0.15) is 0 Å². The van der Waals surface area contributed by atoms with E-state index < -0.39 is 18.0 Å². The molecule has 2 N–H and O–H groups in total. The van der Waals surface area contributed by atoms with Crippen molar-refractivity contribution < 1.29 is 19.1 Å². The van der Waals surface area contributed by atoms with Crippen LogP contribution in [0.1, 0.15) is 25.0 Å². The molecule has 6 nitrogen and oxygen atoms in total. The van der Waals surface area contributed by atoms with E-state index in [4.69, 9.17) is 4.74 Å². The maximum absolute atomic E-state index is 12.1. The number of amides is 2. The van der Waals surface area contributed by atoms with Crippen LogP contribution in [0.4, 0.5) is 11.4 Å². The summed E-state index contributed by atoms with van der Waals surface area (Å²) in [6, 6.07) is 14.3. The van der Waals surface area contributed by atoms with E-state index in [2.05, 4.69) is 10.6 Å². The van der Waals surface area contributed by atoms with E-state index in [1.165, 1.54) is 19.9 Å². The van der Waals surface area contributed by atoms with Gasteiger partial charge in [-0.2, -0.15) is 0 Å². The van der Waals surface area contributed by atoms with Crippen LogP contribution in [0.3, 0.4) is 0 Å². The van der Waals surface area contributed by atoms with Gasteiger partial charge in [-0.25, -0.2) is 4.79 Å². The lowest BCUT2D eigenvalue weighted by atomic mass is 10.1. The lowest BCUT2D eigenvalue weighted by Crippen LogP contribution is -2.29. The smallest absolute Gasteiger partial charge is 0.331 e. The molecule has 6 heteroatoms. The number of benzene rings is 2. The predicted octanol–water partition coefficient (Wildman–Crippen LogP) is 3.54. The van der Waals surface area contributed by atoms with E-state index in [9.17, 15) is 14.4 Å². The SMILES string of the molecule is CC(=O)Nc1ccc(NC(=O)[C@H](C)OC(=O)/C=C/c2ccc(C)cc2)cc1. The third-order valence-corrected chi connectivity index (χ3v) is 3.62. The Morgan fingerprint density at radius 3 is 2.04 bits per heavy atom. The largest absolute Gasteiger partial charge is 0.449 e. The van der Waals surface area contributed by atoms with Crippen molar-refractivity contribution in [1.82, 2.24) is 0 Å². The molecule has 0 radical (unpaired) electrons. The summed E-state index contributed by atoms with van der Waals surface area (Å²) < 4.78 is 5.11. The number of hydrogen-bond donors (Lipinski definition) is 2. The molecule has 2 amide bonds. The first-order valence-corrected chi connectivity index (χ1v) is 8.47. The minimum atomic E-state index is -0.949. The van der Waals surface area contributed by atoms with E-state index >= 15 is 0 Å². The predicted molar refractivity (Wildman–Crippen MR) is 105 cm³/mol. The number of ether oxygens (including phenoxy) is 1. The van der Waals surface area contributed by atoms with Crippen LogP contribution < -0.4 is 10.6 Å². The monoisotopic (exact) mass is 366 g/mol. The van der Waals surface area contributed by atoms with Crippen molar-refractivity contribution in [3.8, 4) is 0 Å². The molecule has 1 atom stereocenters. The molecule has 0 aliphatic rings.